The van der Waals surface area contributed by atoms with Crippen LogP contribution in [0.4, 0.5) is 10.2 Å². The average Bonchev–Trinajstić information content (AvgIpc) is 2.68. The third-order valence-corrected chi connectivity index (χ3v) is 4.60. The molecule has 0 aliphatic carbocycles. The number of anilines is 1. The fourth-order valence-electron chi connectivity index (χ4n) is 3.21. The van der Waals surface area contributed by atoms with Crippen LogP contribution in [0.3, 0.4) is 0 Å². The van der Waals surface area contributed by atoms with Gasteiger partial charge in [-0.25, -0.2) is 9.37 Å². The summed E-state index contributed by atoms with van der Waals surface area (Å²) in [6.45, 7) is 3.89. The number of benzene rings is 1. The summed E-state index contributed by atoms with van der Waals surface area (Å²) in [5, 5.41) is 8.00. The predicted octanol–water partition coefficient (Wildman–Crippen LogP) is 2.28. The standard InChI is InChI=1S/C20H20FN5O/c21-18-8-17(10-23-12-18)14-1-2-15-11-24-19(9-16(15)7-14)25-20(27)13-26-5-3-22-4-6-26/h1-2,7-12,22H,3-6,13H2,(H,24,25,27). The second kappa shape index (κ2) is 7.77. The lowest BCUT2D eigenvalue weighted by atomic mass is 10.0. The summed E-state index contributed by atoms with van der Waals surface area (Å²) >= 11 is 0. The number of carbonyl (C=O) groups excluding carboxylic acids is 1. The maximum atomic E-state index is 13.4. The van der Waals surface area contributed by atoms with E-state index < -0.39 is 0 Å². The summed E-state index contributed by atoms with van der Waals surface area (Å²) in [4.78, 5) is 22.6. The molecule has 1 fully saturated rings. The number of carbonyl (C=O) groups is 1. The van der Waals surface area contributed by atoms with Crippen molar-refractivity contribution in [3.8, 4) is 11.1 Å². The molecule has 1 amide bonds. The van der Waals surface area contributed by atoms with Gasteiger partial charge in [0.2, 0.25) is 5.91 Å². The molecule has 0 atom stereocenters. The molecule has 6 nitrogen and oxygen atoms in total. The summed E-state index contributed by atoms with van der Waals surface area (Å²) in [5.41, 5.74) is 1.57. The quantitative estimate of drug-likeness (QED) is 0.742. The SMILES string of the molecule is O=C(CN1CCNCC1)Nc1cc2cc(-c3cncc(F)c3)ccc2cn1. The van der Waals surface area contributed by atoms with Crippen molar-refractivity contribution in [3.05, 3.63) is 54.7 Å². The zero-order valence-corrected chi connectivity index (χ0v) is 14.8. The number of halogens is 1. The van der Waals surface area contributed by atoms with Crippen molar-refractivity contribution in [1.82, 2.24) is 20.2 Å². The Bertz CT molecular complexity index is 971. The van der Waals surface area contributed by atoms with Crippen LogP contribution in [0, 0.1) is 5.82 Å². The summed E-state index contributed by atoms with van der Waals surface area (Å²) in [5.74, 6) is 0.0644. The van der Waals surface area contributed by atoms with Gasteiger partial charge in [0.1, 0.15) is 11.6 Å². The topological polar surface area (TPSA) is 70.2 Å². The molecule has 138 valence electrons. The van der Waals surface area contributed by atoms with Crippen LogP contribution in [0.2, 0.25) is 0 Å². The zero-order valence-electron chi connectivity index (χ0n) is 14.8. The average molecular weight is 365 g/mol. The van der Waals surface area contributed by atoms with Crippen molar-refractivity contribution in [3.63, 3.8) is 0 Å². The highest BCUT2D eigenvalue weighted by Gasteiger charge is 2.14. The fraction of sp³-hybridized carbons (Fsp3) is 0.250. The lowest BCUT2D eigenvalue weighted by Crippen LogP contribution is -2.46. The maximum absolute atomic E-state index is 13.4. The van der Waals surface area contributed by atoms with E-state index in [2.05, 4.69) is 25.5 Å². The van der Waals surface area contributed by atoms with Gasteiger partial charge < -0.3 is 10.6 Å². The lowest BCUT2D eigenvalue weighted by molar-refractivity contribution is -0.117. The highest BCUT2D eigenvalue weighted by molar-refractivity contribution is 5.94. The third-order valence-electron chi connectivity index (χ3n) is 4.60. The first-order valence-corrected chi connectivity index (χ1v) is 8.91. The van der Waals surface area contributed by atoms with Crippen LogP contribution in [0.15, 0.2) is 48.9 Å². The lowest BCUT2D eigenvalue weighted by Gasteiger charge is -2.26. The third kappa shape index (κ3) is 4.27. The van der Waals surface area contributed by atoms with E-state index in [1.54, 1.807) is 12.4 Å². The second-order valence-electron chi connectivity index (χ2n) is 6.60. The van der Waals surface area contributed by atoms with Crippen LogP contribution in [0.25, 0.3) is 21.9 Å². The number of amides is 1. The smallest absolute Gasteiger partial charge is 0.239 e. The maximum Gasteiger partial charge on any atom is 0.239 e. The van der Waals surface area contributed by atoms with Crippen molar-refractivity contribution in [2.45, 2.75) is 0 Å². The van der Waals surface area contributed by atoms with Crippen LogP contribution in [-0.2, 0) is 4.79 Å². The van der Waals surface area contributed by atoms with Crippen LogP contribution in [0.5, 0.6) is 0 Å². The molecule has 0 bridgehead atoms. The minimum atomic E-state index is -0.372. The Labute approximate surface area is 156 Å². The number of hydrogen-bond donors (Lipinski definition) is 2. The van der Waals surface area contributed by atoms with Gasteiger partial charge in [-0.2, -0.15) is 0 Å². The van der Waals surface area contributed by atoms with E-state index in [-0.39, 0.29) is 11.7 Å². The largest absolute Gasteiger partial charge is 0.314 e. The molecule has 1 aliphatic rings. The molecule has 7 heteroatoms. The van der Waals surface area contributed by atoms with Gasteiger partial charge >= 0.3 is 0 Å². The van der Waals surface area contributed by atoms with Gasteiger partial charge in [0.25, 0.3) is 0 Å². The van der Waals surface area contributed by atoms with Crippen LogP contribution >= 0.6 is 0 Å². The van der Waals surface area contributed by atoms with Crippen molar-refractivity contribution in [2.75, 3.05) is 38.0 Å². The fourth-order valence-corrected chi connectivity index (χ4v) is 3.21. The molecule has 0 saturated carbocycles. The highest BCUT2D eigenvalue weighted by Crippen LogP contribution is 2.25. The Balaban J connectivity index is 1.53. The predicted molar refractivity (Wildman–Crippen MR) is 103 cm³/mol. The van der Waals surface area contributed by atoms with Gasteiger partial charge in [-0.15, -0.1) is 0 Å². The number of nitrogens with one attached hydrogen (secondary N) is 2. The van der Waals surface area contributed by atoms with Gasteiger partial charge in [0, 0.05) is 49.5 Å². The summed E-state index contributed by atoms with van der Waals surface area (Å²) in [6, 6.07) is 9.06. The molecular formula is C20H20FN5O. The molecule has 3 aromatic rings. The van der Waals surface area contributed by atoms with E-state index in [1.165, 1.54) is 12.3 Å². The molecule has 1 aliphatic heterocycles. The Morgan fingerprint density at radius 1 is 1.07 bits per heavy atom. The Hall–Kier alpha value is -2.90. The van der Waals surface area contributed by atoms with Crippen molar-refractivity contribution >= 4 is 22.5 Å². The zero-order chi connectivity index (χ0) is 18.6. The number of piperazine rings is 1. The molecule has 3 heterocycles. The molecule has 0 radical (unpaired) electrons. The summed E-state index contributed by atoms with van der Waals surface area (Å²) < 4.78 is 13.4. The number of pyridine rings is 2. The molecule has 1 aromatic carbocycles. The molecule has 2 aromatic heterocycles. The van der Waals surface area contributed by atoms with E-state index in [4.69, 9.17) is 0 Å². The summed E-state index contributed by atoms with van der Waals surface area (Å²) in [7, 11) is 0. The number of fused-ring (bicyclic) bond motifs is 1. The van der Waals surface area contributed by atoms with Crippen LogP contribution in [-0.4, -0.2) is 53.5 Å². The van der Waals surface area contributed by atoms with Gasteiger partial charge in [-0.1, -0.05) is 12.1 Å². The normalized spacial score (nSPS) is 15.0. The number of nitrogens with zero attached hydrogens (tertiary/aromatic N) is 3. The molecule has 0 spiro atoms. The molecule has 2 N–H and O–H groups in total. The van der Waals surface area contributed by atoms with Gasteiger partial charge in [0.15, 0.2) is 0 Å². The highest BCUT2D eigenvalue weighted by atomic mass is 19.1. The minimum absolute atomic E-state index is 0.0748. The molecule has 0 unspecified atom stereocenters. The second-order valence-corrected chi connectivity index (χ2v) is 6.60. The number of aromatic nitrogens is 2. The first-order valence-electron chi connectivity index (χ1n) is 8.91. The Kier molecular flexibility index (Phi) is 5.04. The Morgan fingerprint density at radius 3 is 2.74 bits per heavy atom. The van der Waals surface area contributed by atoms with E-state index in [0.717, 1.165) is 42.5 Å². The van der Waals surface area contributed by atoms with Crippen molar-refractivity contribution in [1.29, 1.82) is 0 Å². The monoisotopic (exact) mass is 365 g/mol. The molecule has 27 heavy (non-hydrogen) atoms. The molecule has 4 rings (SSSR count). The van der Waals surface area contributed by atoms with E-state index in [0.29, 0.717) is 17.9 Å². The van der Waals surface area contributed by atoms with E-state index in [1.807, 2.05) is 24.3 Å². The number of rotatable bonds is 4. The summed E-state index contributed by atoms with van der Waals surface area (Å²) in [6.07, 6.45) is 4.53. The minimum Gasteiger partial charge on any atom is -0.314 e. The molecule has 1 saturated heterocycles. The van der Waals surface area contributed by atoms with Crippen molar-refractivity contribution < 1.29 is 9.18 Å². The van der Waals surface area contributed by atoms with E-state index >= 15 is 0 Å². The first-order chi connectivity index (χ1) is 13.2. The van der Waals surface area contributed by atoms with Crippen LogP contribution in [0.1, 0.15) is 0 Å². The van der Waals surface area contributed by atoms with Gasteiger partial charge in [-0.3, -0.25) is 14.7 Å². The van der Waals surface area contributed by atoms with E-state index in [9.17, 15) is 9.18 Å². The van der Waals surface area contributed by atoms with Crippen LogP contribution < -0.4 is 10.6 Å². The number of hydrogen-bond acceptors (Lipinski definition) is 5. The Morgan fingerprint density at radius 2 is 1.93 bits per heavy atom. The van der Waals surface area contributed by atoms with Gasteiger partial charge in [0.05, 0.1) is 12.7 Å². The first kappa shape index (κ1) is 17.5. The molecular weight excluding hydrogens is 345 g/mol. The van der Waals surface area contributed by atoms with Gasteiger partial charge in [-0.05, 0) is 29.1 Å². The van der Waals surface area contributed by atoms with Crippen molar-refractivity contribution in [2.24, 2.45) is 0 Å².